The van der Waals surface area contributed by atoms with E-state index >= 15 is 0 Å². The van der Waals surface area contributed by atoms with Crippen molar-refractivity contribution in [2.24, 2.45) is 0 Å². The summed E-state index contributed by atoms with van der Waals surface area (Å²) in [5.74, 6) is 1.82. The number of H-pyrrole nitrogens is 1. The van der Waals surface area contributed by atoms with E-state index in [9.17, 15) is 10.1 Å². The van der Waals surface area contributed by atoms with E-state index in [2.05, 4.69) is 25.2 Å². The van der Waals surface area contributed by atoms with Gasteiger partial charge in [-0.25, -0.2) is 19.9 Å². The number of benzene rings is 1. The minimum Gasteiger partial charge on any atom is -0.379 e. The number of halogens is 2. The average molecular weight is 569 g/mol. The van der Waals surface area contributed by atoms with Gasteiger partial charge in [0.2, 0.25) is 0 Å². The number of imidazole rings is 1. The topological polar surface area (TPSA) is 135 Å². The van der Waals surface area contributed by atoms with E-state index in [-0.39, 0.29) is 17.8 Å². The Bertz CT molecular complexity index is 1430. The maximum Gasteiger partial charge on any atom is 0.287 e. The summed E-state index contributed by atoms with van der Waals surface area (Å²) in [4.78, 5) is 34.4. The molecule has 1 aliphatic rings. The molecule has 2 atom stereocenters. The molecule has 0 amide bonds. The van der Waals surface area contributed by atoms with Crippen LogP contribution in [0, 0.1) is 10.1 Å². The number of nitro groups is 1. The maximum atomic E-state index is 11.0. The summed E-state index contributed by atoms with van der Waals surface area (Å²) < 4.78 is 5.60. The molecule has 3 aromatic heterocycles. The summed E-state index contributed by atoms with van der Waals surface area (Å²) >= 11 is 12.8. The number of pyridine rings is 1. The van der Waals surface area contributed by atoms with Gasteiger partial charge in [-0.15, -0.1) is 0 Å². The molecule has 0 aliphatic carbocycles. The number of anilines is 1. The normalized spacial score (nSPS) is 15.6. The zero-order valence-corrected chi connectivity index (χ0v) is 22.6. The summed E-state index contributed by atoms with van der Waals surface area (Å²) in [6, 6.07) is 8.15. The van der Waals surface area contributed by atoms with E-state index in [1.54, 1.807) is 36.8 Å². The van der Waals surface area contributed by atoms with Gasteiger partial charge >= 0.3 is 0 Å². The minimum absolute atomic E-state index is 0.0530. The first-order chi connectivity index (χ1) is 18.9. The highest BCUT2D eigenvalue weighted by atomic mass is 35.5. The van der Waals surface area contributed by atoms with Crippen LogP contribution in [0.1, 0.15) is 25.2 Å². The van der Waals surface area contributed by atoms with Gasteiger partial charge in [-0.05, 0) is 37.6 Å². The van der Waals surface area contributed by atoms with E-state index in [0.29, 0.717) is 52.8 Å². The van der Waals surface area contributed by atoms with Gasteiger partial charge < -0.3 is 15.0 Å². The molecule has 1 aromatic carbocycles. The van der Waals surface area contributed by atoms with Crippen molar-refractivity contribution in [3.05, 3.63) is 81.1 Å². The summed E-state index contributed by atoms with van der Waals surface area (Å²) in [7, 11) is 0. The van der Waals surface area contributed by atoms with Crippen LogP contribution in [0.25, 0.3) is 22.6 Å². The second kappa shape index (κ2) is 12.0. The van der Waals surface area contributed by atoms with E-state index < -0.39 is 4.92 Å². The fourth-order valence-corrected chi connectivity index (χ4v) is 5.06. The van der Waals surface area contributed by atoms with Crippen LogP contribution < -0.4 is 5.32 Å². The van der Waals surface area contributed by atoms with Crippen LogP contribution in [0.3, 0.4) is 0 Å². The first kappa shape index (κ1) is 26.9. The zero-order chi connectivity index (χ0) is 27.4. The highest BCUT2D eigenvalue weighted by Crippen LogP contribution is 2.36. The molecule has 2 N–H and O–H groups in total. The first-order valence-electron chi connectivity index (χ1n) is 12.4. The standard InChI is InChI=1S/C26H26Cl2N8O3/c1-16(33-23-5-3-18(14-31-23)36(37)38)12-22(35-8-10-39-11-9-35)26-32-15-20(25-29-6-7-30-25)24(34-26)19-4-2-17(27)13-21(19)28/h2-7,13-16,22H,8-12H2,1H3,(H,29,30)(H,31,33). The summed E-state index contributed by atoms with van der Waals surface area (Å²) in [5, 5.41) is 15.3. The van der Waals surface area contributed by atoms with Gasteiger partial charge in [0.15, 0.2) is 0 Å². The van der Waals surface area contributed by atoms with Gasteiger partial charge in [-0.3, -0.25) is 15.0 Å². The first-order valence-corrected chi connectivity index (χ1v) is 13.2. The Hall–Kier alpha value is -3.64. The third-order valence-corrected chi connectivity index (χ3v) is 7.01. The summed E-state index contributed by atoms with van der Waals surface area (Å²) in [6.07, 6.45) is 7.07. The SMILES string of the molecule is CC(CC(c1ncc(-c2ncc[nH]2)c(-c2ccc(Cl)cc2Cl)n1)N1CCOCC1)Nc1ccc([N+](=O)[O-])cn1. The van der Waals surface area contributed by atoms with Crippen molar-refractivity contribution in [2.75, 3.05) is 31.6 Å². The van der Waals surface area contributed by atoms with Gasteiger partial charge in [0.05, 0.1) is 40.5 Å². The molecule has 0 saturated carbocycles. The molecule has 0 bridgehead atoms. The van der Waals surface area contributed by atoms with E-state index in [1.807, 2.05) is 13.0 Å². The number of aromatic nitrogens is 5. The molecule has 4 heterocycles. The van der Waals surface area contributed by atoms with Crippen molar-refractivity contribution in [3.8, 4) is 22.6 Å². The van der Waals surface area contributed by atoms with E-state index in [1.165, 1.54) is 12.3 Å². The quantitative estimate of drug-likeness (QED) is 0.200. The smallest absolute Gasteiger partial charge is 0.287 e. The minimum atomic E-state index is -0.469. The number of rotatable bonds is 9. The third-order valence-electron chi connectivity index (χ3n) is 6.46. The molecule has 1 aliphatic heterocycles. The van der Waals surface area contributed by atoms with E-state index in [0.717, 1.165) is 24.2 Å². The molecule has 1 fully saturated rings. The number of hydrogen-bond acceptors (Lipinski definition) is 9. The average Bonchev–Trinajstić information content (AvgIpc) is 3.47. The fraction of sp³-hybridized carbons (Fsp3) is 0.308. The van der Waals surface area contributed by atoms with Gasteiger partial charge in [-0.1, -0.05) is 23.2 Å². The molecule has 202 valence electrons. The Balaban J connectivity index is 1.49. The van der Waals surface area contributed by atoms with Crippen LogP contribution in [0.15, 0.2) is 55.1 Å². The van der Waals surface area contributed by atoms with Crippen molar-refractivity contribution in [3.63, 3.8) is 0 Å². The number of hydrogen-bond donors (Lipinski definition) is 2. The molecule has 5 rings (SSSR count). The Morgan fingerprint density at radius 2 is 1.95 bits per heavy atom. The Morgan fingerprint density at radius 1 is 1.13 bits per heavy atom. The predicted molar refractivity (Wildman–Crippen MR) is 149 cm³/mol. The monoisotopic (exact) mass is 568 g/mol. The van der Waals surface area contributed by atoms with Crippen LogP contribution in [0.5, 0.6) is 0 Å². The second-order valence-electron chi connectivity index (χ2n) is 9.16. The summed E-state index contributed by atoms with van der Waals surface area (Å²) in [5.41, 5.74) is 2.03. The van der Waals surface area contributed by atoms with Crippen LogP contribution >= 0.6 is 23.2 Å². The highest BCUT2D eigenvalue weighted by Gasteiger charge is 2.28. The van der Waals surface area contributed by atoms with Crippen LogP contribution in [0.4, 0.5) is 11.5 Å². The second-order valence-corrected chi connectivity index (χ2v) is 10.0. The number of nitrogens with one attached hydrogen (secondary N) is 2. The molecule has 13 heteroatoms. The lowest BCUT2D eigenvalue weighted by molar-refractivity contribution is -0.385. The molecule has 39 heavy (non-hydrogen) atoms. The molecule has 2 unspecified atom stereocenters. The maximum absolute atomic E-state index is 11.0. The molecule has 4 aromatic rings. The van der Waals surface area contributed by atoms with E-state index in [4.69, 9.17) is 37.9 Å². The molecule has 1 saturated heterocycles. The molecular formula is C26H26Cl2N8O3. The Kier molecular flexibility index (Phi) is 8.32. The molecule has 0 radical (unpaired) electrons. The molecule has 11 nitrogen and oxygen atoms in total. The van der Waals surface area contributed by atoms with Gasteiger partial charge in [0.1, 0.15) is 23.7 Å². The zero-order valence-electron chi connectivity index (χ0n) is 21.1. The number of nitrogens with zero attached hydrogens (tertiary/aromatic N) is 6. The van der Waals surface area contributed by atoms with Crippen molar-refractivity contribution in [1.29, 1.82) is 0 Å². The number of aromatic amines is 1. The van der Waals surface area contributed by atoms with Gasteiger partial charge in [-0.2, -0.15) is 0 Å². The lowest BCUT2D eigenvalue weighted by Gasteiger charge is -2.35. The van der Waals surface area contributed by atoms with Crippen molar-refractivity contribution in [1.82, 2.24) is 29.8 Å². The lowest BCUT2D eigenvalue weighted by Crippen LogP contribution is -2.41. The fourth-order valence-electron chi connectivity index (χ4n) is 4.56. The van der Waals surface area contributed by atoms with Gasteiger partial charge in [0, 0.05) is 54.4 Å². The summed E-state index contributed by atoms with van der Waals surface area (Å²) in [6.45, 7) is 4.72. The number of morpholine rings is 1. The van der Waals surface area contributed by atoms with Crippen molar-refractivity contribution < 1.29 is 9.66 Å². The highest BCUT2D eigenvalue weighted by molar-refractivity contribution is 6.36. The predicted octanol–water partition coefficient (Wildman–Crippen LogP) is 5.41. The largest absolute Gasteiger partial charge is 0.379 e. The number of ether oxygens (including phenoxy) is 1. The van der Waals surface area contributed by atoms with Gasteiger partial charge in [0.25, 0.3) is 5.69 Å². The van der Waals surface area contributed by atoms with Crippen LogP contribution in [-0.4, -0.2) is 67.1 Å². The lowest BCUT2D eigenvalue weighted by atomic mass is 10.0. The van der Waals surface area contributed by atoms with Crippen molar-refractivity contribution >= 4 is 34.7 Å². The molecule has 0 spiro atoms. The molecular weight excluding hydrogens is 543 g/mol. The Morgan fingerprint density at radius 3 is 2.62 bits per heavy atom. The van der Waals surface area contributed by atoms with Crippen molar-refractivity contribution in [2.45, 2.75) is 25.4 Å². The van der Waals surface area contributed by atoms with Crippen LogP contribution in [-0.2, 0) is 4.74 Å². The third kappa shape index (κ3) is 6.34. The van der Waals surface area contributed by atoms with Crippen LogP contribution in [0.2, 0.25) is 10.0 Å². The Labute approximate surface area is 234 Å².